The van der Waals surface area contributed by atoms with Crippen LogP contribution < -0.4 is 0 Å². The highest BCUT2D eigenvalue weighted by molar-refractivity contribution is 5.64. The highest BCUT2D eigenvalue weighted by atomic mass is 15.2. The highest BCUT2D eigenvalue weighted by Crippen LogP contribution is 2.29. The van der Waals surface area contributed by atoms with Gasteiger partial charge in [-0.2, -0.15) is 0 Å². The third-order valence-electron chi connectivity index (χ3n) is 6.10. The van der Waals surface area contributed by atoms with Crippen LogP contribution in [0.5, 0.6) is 0 Å². The topological polar surface area (TPSA) is 3.24 Å². The van der Waals surface area contributed by atoms with Gasteiger partial charge in [0.05, 0.1) is 0 Å². The minimum Gasteiger partial charge on any atom is -0.300 e. The van der Waals surface area contributed by atoms with Crippen LogP contribution in [0.3, 0.4) is 0 Å². The van der Waals surface area contributed by atoms with E-state index in [0.29, 0.717) is 0 Å². The fraction of sp³-hybridized carbons (Fsp3) is 0.417. The van der Waals surface area contributed by atoms with E-state index >= 15 is 0 Å². The Morgan fingerprint density at radius 3 is 2.44 bits per heavy atom. The second kappa shape index (κ2) is 7.58. The first-order chi connectivity index (χ1) is 12.3. The molecule has 2 aliphatic rings. The van der Waals surface area contributed by atoms with E-state index in [1.807, 2.05) is 0 Å². The van der Waals surface area contributed by atoms with E-state index in [0.717, 1.165) is 18.9 Å². The van der Waals surface area contributed by atoms with Gasteiger partial charge in [0.25, 0.3) is 0 Å². The Morgan fingerprint density at radius 2 is 1.72 bits per heavy atom. The van der Waals surface area contributed by atoms with E-state index in [1.54, 1.807) is 11.1 Å². The van der Waals surface area contributed by atoms with Gasteiger partial charge in [0.1, 0.15) is 0 Å². The van der Waals surface area contributed by atoms with Gasteiger partial charge >= 0.3 is 0 Å². The lowest BCUT2D eigenvalue weighted by Gasteiger charge is -2.36. The third kappa shape index (κ3) is 3.88. The van der Waals surface area contributed by atoms with Crippen molar-refractivity contribution in [1.82, 2.24) is 4.90 Å². The van der Waals surface area contributed by atoms with Gasteiger partial charge in [0, 0.05) is 19.1 Å². The van der Waals surface area contributed by atoms with Crippen molar-refractivity contribution in [1.29, 1.82) is 0 Å². The molecule has 1 heteroatoms. The Bertz CT molecular complexity index is 727. The first-order valence-electron chi connectivity index (χ1n) is 9.87. The minimum absolute atomic E-state index is 0.870. The van der Waals surface area contributed by atoms with Crippen molar-refractivity contribution in [3.8, 4) is 0 Å². The van der Waals surface area contributed by atoms with E-state index in [1.165, 1.54) is 61.9 Å². The van der Waals surface area contributed by atoms with Crippen LogP contribution >= 0.6 is 0 Å². The molecule has 4 rings (SSSR count). The molecule has 1 fully saturated rings. The van der Waals surface area contributed by atoms with E-state index < -0.39 is 0 Å². The predicted molar refractivity (Wildman–Crippen MR) is 107 cm³/mol. The number of allylic oxidation sites excluding steroid dienone is 1. The molecule has 0 amide bonds. The van der Waals surface area contributed by atoms with Gasteiger partial charge in [-0.15, -0.1) is 0 Å². The summed E-state index contributed by atoms with van der Waals surface area (Å²) in [5.74, 6) is 0. The quantitative estimate of drug-likeness (QED) is 0.720. The van der Waals surface area contributed by atoms with Crippen molar-refractivity contribution < 1.29 is 0 Å². The molecule has 0 aromatic heterocycles. The molecule has 25 heavy (non-hydrogen) atoms. The van der Waals surface area contributed by atoms with E-state index in [9.17, 15) is 0 Å². The molecule has 2 aromatic rings. The van der Waals surface area contributed by atoms with Crippen LogP contribution in [0.4, 0.5) is 0 Å². The molecular formula is C24H29N. The standard InChI is InChI=1S/C24H29N/c1-19(10-11-20-6-3-2-4-7-20)22-13-12-21-14-16-25(24-8-5-9-24)17-15-23(21)18-22/h2-4,6-7,12-13,18,24H,1,5,8-11,14-17H2. The molecule has 0 saturated heterocycles. The predicted octanol–water partition coefficient (Wildman–Crippen LogP) is 5.29. The Hall–Kier alpha value is -1.86. The molecule has 0 radical (unpaired) electrons. The van der Waals surface area contributed by atoms with Crippen molar-refractivity contribution in [2.24, 2.45) is 0 Å². The van der Waals surface area contributed by atoms with Crippen LogP contribution in [0.2, 0.25) is 0 Å². The number of fused-ring (bicyclic) bond motifs is 1. The number of aryl methyl sites for hydroxylation is 1. The lowest BCUT2D eigenvalue weighted by Crippen LogP contribution is -2.41. The van der Waals surface area contributed by atoms with Crippen molar-refractivity contribution in [3.63, 3.8) is 0 Å². The van der Waals surface area contributed by atoms with E-state index in [4.69, 9.17) is 0 Å². The molecule has 0 bridgehead atoms. The first kappa shape index (κ1) is 16.6. The SMILES string of the molecule is C=C(CCc1ccccc1)c1ccc2c(c1)CCN(C1CCC1)CC2. The summed E-state index contributed by atoms with van der Waals surface area (Å²) in [6.45, 7) is 6.84. The molecule has 1 saturated carbocycles. The summed E-state index contributed by atoms with van der Waals surface area (Å²) in [4.78, 5) is 2.73. The average Bonchev–Trinajstić information content (AvgIpc) is 2.81. The van der Waals surface area contributed by atoms with Crippen LogP contribution in [0, 0.1) is 0 Å². The first-order valence-corrected chi connectivity index (χ1v) is 9.87. The molecule has 130 valence electrons. The van der Waals surface area contributed by atoms with Gasteiger partial charge in [-0.05, 0) is 66.4 Å². The Balaban J connectivity index is 1.40. The summed E-state index contributed by atoms with van der Waals surface area (Å²) in [5, 5.41) is 0. The third-order valence-corrected chi connectivity index (χ3v) is 6.10. The van der Waals surface area contributed by atoms with Crippen LogP contribution in [-0.2, 0) is 19.3 Å². The monoisotopic (exact) mass is 331 g/mol. The summed E-state index contributed by atoms with van der Waals surface area (Å²) < 4.78 is 0. The normalized spacial score (nSPS) is 18.2. The molecule has 1 aliphatic carbocycles. The maximum Gasteiger partial charge on any atom is 0.00955 e. The highest BCUT2D eigenvalue weighted by Gasteiger charge is 2.26. The number of hydrogen-bond acceptors (Lipinski definition) is 1. The molecule has 1 aliphatic heterocycles. The van der Waals surface area contributed by atoms with Crippen molar-refractivity contribution in [2.75, 3.05) is 13.1 Å². The Kier molecular flexibility index (Phi) is 5.03. The van der Waals surface area contributed by atoms with Crippen molar-refractivity contribution in [3.05, 3.63) is 77.4 Å². The Labute approximate surface area is 152 Å². The summed E-state index contributed by atoms with van der Waals surface area (Å²) >= 11 is 0. The number of hydrogen-bond donors (Lipinski definition) is 0. The summed E-state index contributed by atoms with van der Waals surface area (Å²) in [6, 6.07) is 18.7. The largest absolute Gasteiger partial charge is 0.300 e. The zero-order valence-corrected chi connectivity index (χ0v) is 15.2. The molecule has 0 atom stereocenters. The maximum absolute atomic E-state index is 4.37. The summed E-state index contributed by atoms with van der Waals surface area (Å²) in [6.07, 6.45) is 8.78. The average molecular weight is 332 g/mol. The number of benzene rings is 2. The molecule has 0 spiro atoms. The molecule has 0 unspecified atom stereocenters. The smallest absolute Gasteiger partial charge is 0.00955 e. The Morgan fingerprint density at radius 1 is 0.960 bits per heavy atom. The fourth-order valence-corrected chi connectivity index (χ4v) is 4.16. The molecule has 1 heterocycles. The van der Waals surface area contributed by atoms with Gasteiger partial charge < -0.3 is 0 Å². The van der Waals surface area contributed by atoms with Crippen LogP contribution in [0.25, 0.3) is 5.57 Å². The van der Waals surface area contributed by atoms with Crippen LogP contribution in [-0.4, -0.2) is 24.0 Å². The second-order valence-electron chi connectivity index (χ2n) is 7.69. The van der Waals surface area contributed by atoms with Gasteiger partial charge in [0.15, 0.2) is 0 Å². The lowest BCUT2D eigenvalue weighted by atomic mass is 9.91. The zero-order chi connectivity index (χ0) is 17.1. The van der Waals surface area contributed by atoms with Gasteiger partial charge in [-0.3, -0.25) is 4.90 Å². The fourth-order valence-electron chi connectivity index (χ4n) is 4.16. The van der Waals surface area contributed by atoms with Crippen molar-refractivity contribution in [2.45, 2.75) is 51.0 Å². The number of nitrogens with zero attached hydrogens (tertiary/aromatic N) is 1. The van der Waals surface area contributed by atoms with Crippen molar-refractivity contribution >= 4 is 5.57 Å². The molecule has 1 nitrogen and oxygen atoms in total. The van der Waals surface area contributed by atoms with Gasteiger partial charge in [-0.1, -0.05) is 61.5 Å². The van der Waals surface area contributed by atoms with Crippen LogP contribution in [0.15, 0.2) is 55.1 Å². The minimum atomic E-state index is 0.870. The van der Waals surface area contributed by atoms with E-state index in [-0.39, 0.29) is 0 Å². The second-order valence-corrected chi connectivity index (χ2v) is 7.69. The zero-order valence-electron chi connectivity index (χ0n) is 15.2. The van der Waals surface area contributed by atoms with E-state index in [2.05, 4.69) is 60.0 Å². The van der Waals surface area contributed by atoms with Gasteiger partial charge in [-0.25, -0.2) is 0 Å². The van der Waals surface area contributed by atoms with Gasteiger partial charge in [0.2, 0.25) is 0 Å². The maximum atomic E-state index is 4.37. The lowest BCUT2D eigenvalue weighted by molar-refractivity contribution is 0.133. The molecule has 0 N–H and O–H groups in total. The summed E-state index contributed by atoms with van der Waals surface area (Å²) in [5.41, 5.74) is 7.12. The van der Waals surface area contributed by atoms with Crippen LogP contribution in [0.1, 0.15) is 47.9 Å². The molecular weight excluding hydrogens is 302 g/mol. The number of rotatable bonds is 5. The summed E-state index contributed by atoms with van der Waals surface area (Å²) in [7, 11) is 0. The molecule has 2 aromatic carbocycles.